The van der Waals surface area contributed by atoms with Crippen LogP contribution in [0.1, 0.15) is 15.9 Å². The summed E-state index contributed by atoms with van der Waals surface area (Å²) in [5, 5.41) is 2.57. The smallest absolute Gasteiger partial charge is 0.321 e. The van der Waals surface area contributed by atoms with Gasteiger partial charge in [-0.2, -0.15) is 13.2 Å². The summed E-state index contributed by atoms with van der Waals surface area (Å²) in [4.78, 5) is 15.9. The molecule has 0 radical (unpaired) electrons. The molecule has 10 heteroatoms. The molecule has 0 aliphatic heterocycles. The van der Waals surface area contributed by atoms with Crippen LogP contribution in [0.15, 0.2) is 78.0 Å². The summed E-state index contributed by atoms with van der Waals surface area (Å²) < 4.78 is 65.7. The Labute approximate surface area is 164 Å². The van der Waals surface area contributed by atoms with Gasteiger partial charge in [0.1, 0.15) is 0 Å². The number of hydrogen-bond donors (Lipinski definition) is 2. The van der Waals surface area contributed by atoms with Crippen LogP contribution in [0.5, 0.6) is 0 Å². The number of rotatable bonds is 5. The van der Waals surface area contributed by atoms with Gasteiger partial charge in [0.2, 0.25) is 0 Å². The molecule has 1 heterocycles. The third kappa shape index (κ3) is 5.11. The van der Waals surface area contributed by atoms with Gasteiger partial charge in [0.15, 0.2) is 0 Å². The predicted molar refractivity (Wildman–Crippen MR) is 101 cm³/mol. The van der Waals surface area contributed by atoms with Crippen LogP contribution in [0.2, 0.25) is 0 Å². The number of aromatic nitrogens is 1. The molecule has 6 nitrogen and oxygen atoms in total. The van der Waals surface area contributed by atoms with E-state index >= 15 is 0 Å². The second kappa shape index (κ2) is 7.92. The van der Waals surface area contributed by atoms with E-state index in [1.54, 1.807) is 12.1 Å². The lowest BCUT2D eigenvalue weighted by Gasteiger charge is -2.12. The number of nitrogens with zero attached hydrogens (tertiary/aromatic N) is 1. The molecule has 0 aliphatic carbocycles. The van der Waals surface area contributed by atoms with Crippen molar-refractivity contribution in [3.63, 3.8) is 0 Å². The quantitative estimate of drug-likeness (QED) is 0.648. The van der Waals surface area contributed by atoms with Crippen LogP contribution in [0, 0.1) is 0 Å². The average molecular weight is 421 g/mol. The predicted octanol–water partition coefficient (Wildman–Crippen LogP) is 4.15. The number of carbonyl (C=O) groups excluding carboxylic acids is 1. The maximum atomic E-state index is 12.8. The van der Waals surface area contributed by atoms with E-state index < -0.39 is 27.7 Å². The van der Waals surface area contributed by atoms with E-state index in [9.17, 15) is 26.4 Å². The highest BCUT2D eigenvalue weighted by atomic mass is 32.2. The van der Waals surface area contributed by atoms with Crippen molar-refractivity contribution in [1.82, 2.24) is 4.98 Å². The third-order valence-corrected chi connectivity index (χ3v) is 5.15. The number of alkyl halides is 3. The van der Waals surface area contributed by atoms with Crippen LogP contribution in [-0.4, -0.2) is 19.3 Å². The first kappa shape index (κ1) is 20.3. The van der Waals surface area contributed by atoms with Gasteiger partial charge in [0.25, 0.3) is 15.9 Å². The molecule has 2 aromatic carbocycles. The van der Waals surface area contributed by atoms with Crippen molar-refractivity contribution >= 4 is 27.3 Å². The molecule has 0 unspecified atom stereocenters. The summed E-state index contributed by atoms with van der Waals surface area (Å²) >= 11 is 0. The van der Waals surface area contributed by atoms with Crippen molar-refractivity contribution in [2.75, 3.05) is 10.0 Å². The number of anilines is 2. The lowest BCUT2D eigenvalue weighted by molar-refractivity contribution is -0.137. The topological polar surface area (TPSA) is 88.2 Å². The van der Waals surface area contributed by atoms with Gasteiger partial charge in [-0.15, -0.1) is 0 Å². The number of sulfonamides is 1. The van der Waals surface area contributed by atoms with Gasteiger partial charge in [-0.25, -0.2) is 8.42 Å². The number of halogens is 3. The van der Waals surface area contributed by atoms with Crippen molar-refractivity contribution in [2.45, 2.75) is 11.1 Å². The van der Waals surface area contributed by atoms with E-state index in [0.29, 0.717) is 11.8 Å². The summed E-state index contributed by atoms with van der Waals surface area (Å²) in [7, 11) is -4.21. The monoisotopic (exact) mass is 421 g/mol. The Balaban J connectivity index is 1.83. The van der Waals surface area contributed by atoms with E-state index in [2.05, 4.69) is 15.0 Å². The average Bonchev–Trinajstić information content (AvgIpc) is 2.68. The summed E-state index contributed by atoms with van der Waals surface area (Å²) in [5.41, 5.74) is -0.749. The molecule has 0 saturated heterocycles. The second-order valence-corrected chi connectivity index (χ2v) is 7.59. The van der Waals surface area contributed by atoms with Crippen LogP contribution >= 0.6 is 0 Å². The first-order valence-electron chi connectivity index (χ1n) is 8.17. The molecule has 2 N–H and O–H groups in total. The molecule has 0 saturated carbocycles. The zero-order valence-corrected chi connectivity index (χ0v) is 15.5. The molecule has 0 spiro atoms. The first-order valence-corrected chi connectivity index (χ1v) is 9.65. The number of nitrogens with one attached hydrogen (secondary N) is 2. The molecule has 1 aromatic heterocycles. The summed E-state index contributed by atoms with van der Waals surface area (Å²) in [5.74, 6) is -0.561. The fourth-order valence-electron chi connectivity index (χ4n) is 2.42. The van der Waals surface area contributed by atoms with Gasteiger partial charge >= 0.3 is 6.18 Å². The summed E-state index contributed by atoms with van der Waals surface area (Å²) in [6.45, 7) is 0. The Morgan fingerprint density at radius 3 is 2.34 bits per heavy atom. The van der Waals surface area contributed by atoms with E-state index in [1.165, 1.54) is 36.7 Å². The SMILES string of the molecule is O=C(Nc1cccnc1)c1cccc(S(=O)(=O)Nc2cccc(C(F)(F)F)c2)c1. The van der Waals surface area contributed by atoms with E-state index in [0.717, 1.165) is 18.2 Å². The number of benzene rings is 2. The van der Waals surface area contributed by atoms with Crippen molar-refractivity contribution in [2.24, 2.45) is 0 Å². The van der Waals surface area contributed by atoms with Crippen molar-refractivity contribution in [3.8, 4) is 0 Å². The largest absolute Gasteiger partial charge is 0.416 e. The molecular formula is C19H14F3N3O3S. The standard InChI is InChI=1S/C19H14F3N3O3S/c20-19(21,22)14-5-2-6-15(11-14)25-29(27,28)17-8-1-4-13(10-17)18(26)24-16-7-3-9-23-12-16/h1-12,25H,(H,24,26). The van der Waals surface area contributed by atoms with Crippen LogP contribution in [-0.2, 0) is 16.2 Å². The molecule has 3 rings (SSSR count). The van der Waals surface area contributed by atoms with Crippen LogP contribution in [0.4, 0.5) is 24.5 Å². The number of hydrogen-bond acceptors (Lipinski definition) is 4. The summed E-state index contributed by atoms with van der Waals surface area (Å²) in [6, 6.07) is 12.2. The zero-order chi connectivity index (χ0) is 21.1. The highest BCUT2D eigenvalue weighted by Crippen LogP contribution is 2.31. The van der Waals surface area contributed by atoms with Crippen molar-refractivity contribution < 1.29 is 26.4 Å². The van der Waals surface area contributed by atoms with E-state index in [-0.39, 0.29) is 16.1 Å². The normalized spacial score (nSPS) is 11.7. The molecule has 29 heavy (non-hydrogen) atoms. The molecule has 0 bridgehead atoms. The van der Waals surface area contributed by atoms with Crippen molar-refractivity contribution in [3.05, 3.63) is 84.2 Å². The Bertz CT molecular complexity index is 1130. The lowest BCUT2D eigenvalue weighted by Crippen LogP contribution is -2.16. The summed E-state index contributed by atoms with van der Waals surface area (Å²) in [6.07, 6.45) is -1.65. The van der Waals surface area contributed by atoms with Gasteiger partial charge in [0.05, 0.1) is 22.3 Å². The van der Waals surface area contributed by atoms with Crippen LogP contribution < -0.4 is 10.0 Å². The van der Waals surface area contributed by atoms with E-state index in [1.807, 2.05) is 0 Å². The Kier molecular flexibility index (Phi) is 5.55. The van der Waals surface area contributed by atoms with Gasteiger partial charge in [-0.1, -0.05) is 12.1 Å². The third-order valence-electron chi connectivity index (χ3n) is 3.77. The van der Waals surface area contributed by atoms with Gasteiger partial charge in [-0.3, -0.25) is 14.5 Å². The fourth-order valence-corrected chi connectivity index (χ4v) is 3.51. The number of pyridine rings is 1. The molecule has 0 aliphatic rings. The molecule has 150 valence electrons. The minimum absolute atomic E-state index is 0.0563. The Hall–Kier alpha value is -3.40. The van der Waals surface area contributed by atoms with Gasteiger partial charge in [-0.05, 0) is 48.5 Å². The Morgan fingerprint density at radius 1 is 0.931 bits per heavy atom. The molecule has 0 fully saturated rings. The van der Waals surface area contributed by atoms with Crippen LogP contribution in [0.25, 0.3) is 0 Å². The number of amides is 1. The fraction of sp³-hybridized carbons (Fsp3) is 0.0526. The molecule has 3 aromatic rings. The van der Waals surface area contributed by atoms with Gasteiger partial charge in [0, 0.05) is 17.4 Å². The minimum atomic E-state index is -4.61. The molecular weight excluding hydrogens is 407 g/mol. The number of carbonyl (C=O) groups is 1. The zero-order valence-electron chi connectivity index (χ0n) is 14.6. The highest BCUT2D eigenvalue weighted by Gasteiger charge is 2.30. The van der Waals surface area contributed by atoms with E-state index in [4.69, 9.17) is 0 Å². The molecule has 0 atom stereocenters. The Morgan fingerprint density at radius 2 is 1.66 bits per heavy atom. The minimum Gasteiger partial charge on any atom is -0.321 e. The maximum absolute atomic E-state index is 12.8. The highest BCUT2D eigenvalue weighted by molar-refractivity contribution is 7.92. The van der Waals surface area contributed by atoms with Gasteiger partial charge < -0.3 is 5.32 Å². The van der Waals surface area contributed by atoms with Crippen LogP contribution in [0.3, 0.4) is 0 Å². The second-order valence-electron chi connectivity index (χ2n) is 5.91. The van der Waals surface area contributed by atoms with Crippen molar-refractivity contribution in [1.29, 1.82) is 0 Å². The maximum Gasteiger partial charge on any atom is 0.416 e. The lowest BCUT2D eigenvalue weighted by atomic mass is 10.2. The first-order chi connectivity index (χ1) is 13.6. The molecule has 1 amide bonds.